The Bertz CT molecular complexity index is 2480. The number of hydrogen-bond donors (Lipinski definition) is 8. The van der Waals surface area contributed by atoms with Gasteiger partial charge in [-0.1, -0.05) is 42.5 Å². The molecule has 0 radical (unpaired) electrons. The van der Waals surface area contributed by atoms with Crippen molar-refractivity contribution in [2.45, 2.75) is 19.3 Å². The summed E-state index contributed by atoms with van der Waals surface area (Å²) in [6, 6.07) is 28.4. The quantitative estimate of drug-likeness (QED) is 0.0688. The number of carboxylic acids is 7. The number of aliphatic hydroxyl groups is 1. The fraction of sp³-hybridized carbons (Fsp3) is 0.140. The van der Waals surface area contributed by atoms with Crippen LogP contribution in [0.25, 0.3) is 32.3 Å². The second kappa shape index (κ2) is 19.8. The Kier molecular flexibility index (Phi) is 14.8. The highest BCUT2D eigenvalue weighted by atomic mass is 16.6. The van der Waals surface area contributed by atoms with Gasteiger partial charge in [-0.2, -0.15) is 0 Å². The number of rotatable bonds is 9. The summed E-state index contributed by atoms with van der Waals surface area (Å²) in [6.45, 7) is -0.376. The van der Waals surface area contributed by atoms with Crippen LogP contribution < -0.4 is 4.74 Å². The molecule has 2 atom stereocenters. The lowest BCUT2D eigenvalue weighted by Crippen LogP contribution is -2.13. The van der Waals surface area contributed by atoms with Crippen LogP contribution in [-0.4, -0.2) is 89.4 Å². The maximum absolute atomic E-state index is 10.9. The van der Waals surface area contributed by atoms with Crippen LogP contribution >= 0.6 is 0 Å². The monoisotopic (exact) mass is 808 g/mol. The number of aromatic carboxylic acids is 5. The van der Waals surface area contributed by atoms with E-state index in [4.69, 9.17) is 45.6 Å². The van der Waals surface area contributed by atoms with Gasteiger partial charge in [-0.15, -0.1) is 0 Å². The van der Waals surface area contributed by atoms with Gasteiger partial charge in [0.05, 0.1) is 39.7 Å². The molecule has 0 aromatic heterocycles. The first-order valence-electron chi connectivity index (χ1n) is 17.4. The Morgan fingerprint density at radius 2 is 0.881 bits per heavy atom. The number of aliphatic hydroxyl groups excluding tert-OH is 1. The van der Waals surface area contributed by atoms with E-state index < -0.39 is 53.6 Å². The minimum Gasteiger partial charge on any atom is -0.481 e. The molecule has 0 aliphatic heterocycles. The van der Waals surface area contributed by atoms with Gasteiger partial charge in [0.1, 0.15) is 5.75 Å². The molecule has 6 aromatic carbocycles. The second-order valence-corrected chi connectivity index (χ2v) is 12.9. The minimum absolute atomic E-state index is 0.148. The predicted molar refractivity (Wildman–Crippen MR) is 210 cm³/mol. The van der Waals surface area contributed by atoms with Crippen LogP contribution in [0, 0.1) is 11.8 Å². The van der Waals surface area contributed by atoms with Crippen LogP contribution in [0.1, 0.15) is 71.1 Å². The molecule has 8 N–H and O–H groups in total. The molecule has 0 saturated heterocycles. The van der Waals surface area contributed by atoms with Gasteiger partial charge in [0, 0.05) is 0 Å². The molecule has 0 amide bonds. The molecule has 59 heavy (non-hydrogen) atoms. The summed E-state index contributed by atoms with van der Waals surface area (Å²) in [7, 11) is 0. The number of hydrogen-bond acceptors (Lipinski definition) is 9. The van der Waals surface area contributed by atoms with Crippen LogP contribution in [0.3, 0.4) is 0 Å². The Morgan fingerprint density at radius 3 is 1.32 bits per heavy atom. The van der Waals surface area contributed by atoms with E-state index in [9.17, 15) is 33.6 Å². The highest BCUT2D eigenvalue weighted by Gasteiger charge is 2.33. The molecule has 16 heteroatoms. The highest BCUT2D eigenvalue weighted by Crippen LogP contribution is 2.31. The van der Waals surface area contributed by atoms with Crippen molar-refractivity contribution in [2.24, 2.45) is 11.8 Å². The zero-order valence-electron chi connectivity index (χ0n) is 30.7. The summed E-state index contributed by atoms with van der Waals surface area (Å²) in [5.41, 5.74) is 0.873. The molecule has 1 aliphatic carbocycles. The van der Waals surface area contributed by atoms with Crippen molar-refractivity contribution in [3.8, 4) is 5.75 Å². The van der Waals surface area contributed by atoms with E-state index >= 15 is 0 Å². The van der Waals surface area contributed by atoms with Crippen LogP contribution in [0.15, 0.2) is 109 Å². The third-order valence-electron chi connectivity index (χ3n) is 9.11. The van der Waals surface area contributed by atoms with E-state index in [0.29, 0.717) is 41.2 Å². The van der Waals surface area contributed by atoms with Gasteiger partial charge in [-0.25, -0.2) is 24.0 Å². The smallest absolute Gasteiger partial charge is 0.336 e. The summed E-state index contributed by atoms with van der Waals surface area (Å²) in [4.78, 5) is 74.7. The fourth-order valence-electron chi connectivity index (χ4n) is 6.07. The lowest BCUT2D eigenvalue weighted by atomic mass is 10.0. The average Bonchev–Trinajstić information content (AvgIpc) is 3.72. The van der Waals surface area contributed by atoms with E-state index in [1.54, 1.807) is 54.6 Å². The van der Waals surface area contributed by atoms with Crippen molar-refractivity contribution >= 4 is 74.1 Å². The van der Waals surface area contributed by atoms with Crippen LogP contribution in [0.4, 0.5) is 0 Å². The number of carbonyl (C=O) groups is 7. The molecule has 1 unspecified atom stereocenters. The lowest BCUT2D eigenvalue weighted by Gasteiger charge is -2.04. The third kappa shape index (κ3) is 11.8. The van der Waals surface area contributed by atoms with Gasteiger partial charge >= 0.3 is 41.8 Å². The van der Waals surface area contributed by atoms with Gasteiger partial charge in [0.15, 0.2) is 6.79 Å². The molecule has 16 nitrogen and oxygen atoms in total. The number of benzene rings is 6. The summed E-state index contributed by atoms with van der Waals surface area (Å²) in [5, 5.41) is 74.1. The van der Waals surface area contributed by atoms with Crippen molar-refractivity contribution in [3.63, 3.8) is 0 Å². The van der Waals surface area contributed by atoms with Crippen LogP contribution in [0.2, 0.25) is 0 Å². The van der Waals surface area contributed by atoms with Gasteiger partial charge < -0.3 is 45.6 Å². The summed E-state index contributed by atoms with van der Waals surface area (Å²) >= 11 is 0. The molecular weight excluding hydrogens is 772 g/mol. The molecule has 1 saturated carbocycles. The Labute approximate surface area is 333 Å². The van der Waals surface area contributed by atoms with Crippen molar-refractivity contribution in [2.75, 3.05) is 6.79 Å². The van der Waals surface area contributed by atoms with Gasteiger partial charge in [0.2, 0.25) is 0 Å². The first-order valence-corrected chi connectivity index (χ1v) is 17.4. The number of fused-ring (bicyclic) bond motifs is 3. The molecule has 0 heterocycles. The van der Waals surface area contributed by atoms with Crippen LogP contribution in [0.5, 0.6) is 5.75 Å². The molecule has 1 aliphatic rings. The van der Waals surface area contributed by atoms with Gasteiger partial charge in [-0.05, 0) is 118 Å². The van der Waals surface area contributed by atoms with E-state index in [1.165, 1.54) is 54.6 Å². The maximum atomic E-state index is 10.9. The molecular formula is C43H36O16. The van der Waals surface area contributed by atoms with E-state index in [1.807, 2.05) is 0 Å². The van der Waals surface area contributed by atoms with Crippen molar-refractivity contribution in [1.29, 1.82) is 0 Å². The second-order valence-electron chi connectivity index (χ2n) is 12.9. The zero-order valence-corrected chi connectivity index (χ0v) is 30.7. The molecule has 0 spiro atoms. The summed E-state index contributed by atoms with van der Waals surface area (Å²) < 4.78 is 4.93. The topological polar surface area (TPSA) is 291 Å². The first-order chi connectivity index (χ1) is 28.0. The van der Waals surface area contributed by atoms with E-state index in [0.717, 1.165) is 16.2 Å². The fourth-order valence-corrected chi connectivity index (χ4v) is 6.07. The maximum Gasteiger partial charge on any atom is 0.336 e. The van der Waals surface area contributed by atoms with Crippen molar-refractivity contribution in [3.05, 3.63) is 137 Å². The number of ether oxygens (including phenoxy) is 1. The average molecular weight is 809 g/mol. The van der Waals surface area contributed by atoms with Crippen molar-refractivity contribution in [1.82, 2.24) is 0 Å². The molecule has 6 aromatic rings. The van der Waals surface area contributed by atoms with Gasteiger partial charge in [-0.3, -0.25) is 9.59 Å². The Morgan fingerprint density at radius 1 is 0.458 bits per heavy atom. The molecule has 0 bridgehead atoms. The van der Waals surface area contributed by atoms with Crippen molar-refractivity contribution < 1.29 is 79.2 Å². The Hall–Kier alpha value is -7.85. The lowest BCUT2D eigenvalue weighted by molar-refractivity contribution is -0.143. The molecule has 304 valence electrons. The number of carboxylic acid groups (broad SMARTS) is 7. The predicted octanol–water partition coefficient (Wildman–Crippen LogP) is 6.91. The first kappa shape index (κ1) is 43.9. The largest absolute Gasteiger partial charge is 0.481 e. The third-order valence-corrected chi connectivity index (χ3v) is 9.11. The zero-order chi connectivity index (χ0) is 43.4. The minimum atomic E-state index is -1.03. The van der Waals surface area contributed by atoms with E-state index in [2.05, 4.69) is 0 Å². The molecule has 1 fully saturated rings. The Balaban J connectivity index is 0.000000175. The van der Waals surface area contributed by atoms with Gasteiger partial charge in [0.25, 0.3) is 0 Å². The summed E-state index contributed by atoms with van der Waals surface area (Å²) in [5.74, 6) is -7.09. The van der Waals surface area contributed by atoms with Crippen LogP contribution in [-0.2, 0) is 9.59 Å². The standard InChI is InChI=1S/C12H8O4.C12H10O4.C12H8O4.C7H10O4/c13-11(14)8-3-1-7-2-4-9(12(15)16)6-10(7)5-8;13-7-16-11-4-3-8-5-10(12(14)15)2-1-9(8)6-11;13-11(14)8-4-5-9-7(6-8)2-1-3-10(9)12(15)16;8-6(9)4-1-2-5(3-4)7(10)11/h1-6H,(H,13,14)(H,15,16);1-6,13H,7H2,(H,14,15);1-6H,(H,13,14)(H,15,16);4-5H,1-3H2,(H,8,9)(H,10,11)/t;;;4-,5?/m...1/s1. The highest BCUT2D eigenvalue weighted by molar-refractivity contribution is 6.05. The summed E-state index contributed by atoms with van der Waals surface area (Å²) in [6.07, 6.45) is 1.31. The number of aliphatic carboxylic acids is 2. The van der Waals surface area contributed by atoms with E-state index in [-0.39, 0.29) is 34.6 Å². The SMILES string of the molecule is O=C(O)C1CC[C@@H](C(=O)O)C1.O=C(O)c1ccc2c(C(=O)O)cccc2c1.O=C(O)c1ccc2cc(OCO)ccc2c1.O=C(O)c1ccc2ccc(C(=O)O)cc2c1. The molecule has 7 rings (SSSR count). The normalized spacial score (nSPS) is 14.0.